The zero-order chi connectivity index (χ0) is 13.4. The first-order chi connectivity index (χ1) is 9.13. The maximum atomic E-state index is 13.2. The molecule has 0 fully saturated rings. The molecule has 2 nitrogen and oxygen atoms in total. The molecule has 4 heteroatoms. The summed E-state index contributed by atoms with van der Waals surface area (Å²) in [5, 5.41) is 3.24. The van der Waals surface area contributed by atoms with Crippen LogP contribution < -0.4 is 10.1 Å². The minimum absolute atomic E-state index is 0.315. The molecule has 0 spiro atoms. The zero-order valence-electron chi connectivity index (χ0n) is 10.4. The summed E-state index contributed by atoms with van der Waals surface area (Å²) in [6, 6.07) is 9.68. The van der Waals surface area contributed by atoms with Gasteiger partial charge in [-0.15, -0.1) is 0 Å². The molecular formula is C15H13F2NO. The standard InChI is InChI=1S/C15H13F2NO/c1-9-2-5-14-13(6-9)18-8-15(19-14)10-3-4-11(16)12(17)7-10/h2-7,15,18H,8H2,1H3. The third-order valence-electron chi connectivity index (χ3n) is 3.20. The van der Waals surface area contributed by atoms with Crippen LogP contribution in [0.1, 0.15) is 17.2 Å². The summed E-state index contributed by atoms with van der Waals surface area (Å²) in [5.74, 6) is -0.967. The van der Waals surface area contributed by atoms with Crippen molar-refractivity contribution in [3.8, 4) is 5.75 Å². The Morgan fingerprint density at radius 1 is 1.11 bits per heavy atom. The molecule has 98 valence electrons. The van der Waals surface area contributed by atoms with E-state index in [1.807, 2.05) is 25.1 Å². The van der Waals surface area contributed by atoms with Crippen LogP contribution in [0.4, 0.5) is 14.5 Å². The molecule has 19 heavy (non-hydrogen) atoms. The summed E-state index contributed by atoms with van der Waals surface area (Å²) >= 11 is 0. The number of hydrogen-bond donors (Lipinski definition) is 1. The number of ether oxygens (including phenoxy) is 1. The van der Waals surface area contributed by atoms with Crippen molar-refractivity contribution in [2.45, 2.75) is 13.0 Å². The van der Waals surface area contributed by atoms with E-state index in [4.69, 9.17) is 4.74 Å². The minimum Gasteiger partial charge on any atom is -0.482 e. The summed E-state index contributed by atoms with van der Waals surface area (Å²) in [6.45, 7) is 2.53. The van der Waals surface area contributed by atoms with E-state index in [2.05, 4.69) is 5.32 Å². The van der Waals surface area contributed by atoms with Crippen LogP contribution in [0.25, 0.3) is 0 Å². The summed E-state index contributed by atoms with van der Waals surface area (Å²) in [5.41, 5.74) is 2.69. The van der Waals surface area contributed by atoms with E-state index in [-0.39, 0.29) is 6.10 Å². The summed E-state index contributed by atoms with van der Waals surface area (Å²) in [7, 11) is 0. The van der Waals surface area contributed by atoms with Gasteiger partial charge in [-0.1, -0.05) is 12.1 Å². The van der Waals surface area contributed by atoms with Gasteiger partial charge in [0.25, 0.3) is 0 Å². The highest BCUT2D eigenvalue weighted by Gasteiger charge is 2.21. The molecule has 0 aromatic heterocycles. The number of halogens is 2. The number of fused-ring (bicyclic) bond motifs is 1. The lowest BCUT2D eigenvalue weighted by atomic mass is 10.1. The summed E-state index contributed by atoms with van der Waals surface area (Å²) < 4.78 is 32.0. The van der Waals surface area contributed by atoms with Crippen LogP contribution in [0.3, 0.4) is 0 Å². The van der Waals surface area contributed by atoms with E-state index in [1.165, 1.54) is 6.07 Å². The van der Waals surface area contributed by atoms with E-state index >= 15 is 0 Å². The molecule has 0 saturated heterocycles. The predicted octanol–water partition coefficient (Wildman–Crippen LogP) is 3.82. The Bertz CT molecular complexity index is 628. The molecule has 1 N–H and O–H groups in total. The fraction of sp³-hybridized carbons (Fsp3) is 0.200. The van der Waals surface area contributed by atoms with Gasteiger partial charge in [-0.05, 0) is 42.3 Å². The van der Waals surface area contributed by atoms with Gasteiger partial charge in [-0.3, -0.25) is 0 Å². The zero-order valence-corrected chi connectivity index (χ0v) is 10.4. The third kappa shape index (κ3) is 2.26. The van der Waals surface area contributed by atoms with Gasteiger partial charge in [-0.2, -0.15) is 0 Å². The van der Waals surface area contributed by atoms with Crippen LogP contribution in [0, 0.1) is 18.6 Å². The third-order valence-corrected chi connectivity index (χ3v) is 3.20. The van der Waals surface area contributed by atoms with E-state index in [0.29, 0.717) is 12.1 Å². The van der Waals surface area contributed by atoms with Gasteiger partial charge in [0.1, 0.15) is 11.9 Å². The van der Waals surface area contributed by atoms with Gasteiger partial charge < -0.3 is 10.1 Å². The van der Waals surface area contributed by atoms with Crippen molar-refractivity contribution in [2.24, 2.45) is 0 Å². The summed E-state index contributed by atoms with van der Waals surface area (Å²) in [6.07, 6.45) is -0.315. The first-order valence-electron chi connectivity index (χ1n) is 6.09. The van der Waals surface area contributed by atoms with Gasteiger partial charge in [0, 0.05) is 0 Å². The topological polar surface area (TPSA) is 21.3 Å². The van der Waals surface area contributed by atoms with Gasteiger partial charge in [-0.25, -0.2) is 8.78 Å². The Balaban J connectivity index is 1.89. The number of hydrogen-bond acceptors (Lipinski definition) is 2. The highest BCUT2D eigenvalue weighted by Crippen LogP contribution is 2.34. The van der Waals surface area contributed by atoms with Gasteiger partial charge >= 0.3 is 0 Å². The number of aryl methyl sites for hydroxylation is 1. The molecule has 0 radical (unpaired) electrons. The minimum atomic E-state index is -0.851. The normalized spacial score (nSPS) is 17.3. The highest BCUT2D eigenvalue weighted by atomic mass is 19.2. The van der Waals surface area contributed by atoms with Gasteiger partial charge in [0.05, 0.1) is 12.2 Å². The lowest BCUT2D eigenvalue weighted by Crippen LogP contribution is -2.23. The average Bonchev–Trinajstić information content (AvgIpc) is 2.41. The average molecular weight is 261 g/mol. The van der Waals surface area contributed by atoms with Crippen LogP contribution in [0.2, 0.25) is 0 Å². The van der Waals surface area contributed by atoms with Crippen molar-refractivity contribution in [2.75, 3.05) is 11.9 Å². The van der Waals surface area contributed by atoms with Gasteiger partial charge in [0.15, 0.2) is 11.6 Å². The van der Waals surface area contributed by atoms with Gasteiger partial charge in [0.2, 0.25) is 0 Å². The van der Waals surface area contributed by atoms with Crippen LogP contribution in [-0.2, 0) is 0 Å². The molecule has 1 aliphatic heterocycles. The van der Waals surface area contributed by atoms with Crippen LogP contribution >= 0.6 is 0 Å². The van der Waals surface area contributed by atoms with Crippen LogP contribution in [-0.4, -0.2) is 6.54 Å². The lowest BCUT2D eigenvalue weighted by molar-refractivity contribution is 0.209. The number of nitrogens with one attached hydrogen (secondary N) is 1. The van der Waals surface area contributed by atoms with E-state index < -0.39 is 11.6 Å². The molecule has 3 rings (SSSR count). The second kappa shape index (κ2) is 4.53. The molecule has 0 aliphatic carbocycles. The van der Waals surface area contributed by atoms with E-state index in [1.54, 1.807) is 6.07 Å². The molecule has 1 heterocycles. The lowest BCUT2D eigenvalue weighted by Gasteiger charge is -2.28. The Morgan fingerprint density at radius 2 is 1.95 bits per heavy atom. The fourth-order valence-electron chi connectivity index (χ4n) is 2.18. The van der Waals surface area contributed by atoms with Crippen molar-refractivity contribution >= 4 is 5.69 Å². The molecule has 2 aromatic carbocycles. The van der Waals surface area contributed by atoms with Crippen molar-refractivity contribution in [1.29, 1.82) is 0 Å². The molecule has 0 bridgehead atoms. The Morgan fingerprint density at radius 3 is 2.74 bits per heavy atom. The molecule has 1 unspecified atom stereocenters. The number of rotatable bonds is 1. The molecule has 0 amide bonds. The maximum absolute atomic E-state index is 13.2. The molecule has 1 atom stereocenters. The first kappa shape index (κ1) is 12.0. The Kier molecular flexibility index (Phi) is 2.85. The molecule has 2 aromatic rings. The Labute approximate surface area is 110 Å². The van der Waals surface area contributed by atoms with Crippen molar-refractivity contribution in [1.82, 2.24) is 0 Å². The smallest absolute Gasteiger partial charge is 0.159 e. The maximum Gasteiger partial charge on any atom is 0.159 e. The number of benzene rings is 2. The molecule has 0 saturated carbocycles. The Hall–Kier alpha value is -2.10. The van der Waals surface area contributed by atoms with E-state index in [0.717, 1.165) is 23.1 Å². The SMILES string of the molecule is Cc1ccc2c(c1)NCC(c1ccc(F)c(F)c1)O2. The molecular weight excluding hydrogens is 248 g/mol. The largest absolute Gasteiger partial charge is 0.482 e. The van der Waals surface area contributed by atoms with Crippen molar-refractivity contribution < 1.29 is 13.5 Å². The van der Waals surface area contributed by atoms with Crippen LogP contribution in [0.5, 0.6) is 5.75 Å². The van der Waals surface area contributed by atoms with Crippen molar-refractivity contribution in [3.05, 3.63) is 59.2 Å². The second-order valence-corrected chi connectivity index (χ2v) is 4.66. The highest BCUT2D eigenvalue weighted by molar-refractivity contribution is 5.59. The van der Waals surface area contributed by atoms with Crippen molar-refractivity contribution in [3.63, 3.8) is 0 Å². The first-order valence-corrected chi connectivity index (χ1v) is 6.09. The second-order valence-electron chi connectivity index (χ2n) is 4.66. The van der Waals surface area contributed by atoms with Crippen LogP contribution in [0.15, 0.2) is 36.4 Å². The molecule has 1 aliphatic rings. The summed E-state index contributed by atoms with van der Waals surface area (Å²) in [4.78, 5) is 0. The number of anilines is 1. The van der Waals surface area contributed by atoms with E-state index in [9.17, 15) is 8.78 Å². The predicted molar refractivity (Wildman–Crippen MR) is 69.4 cm³/mol. The monoisotopic (exact) mass is 261 g/mol. The quantitative estimate of drug-likeness (QED) is 0.842. The fourth-order valence-corrected chi connectivity index (χ4v) is 2.18.